The van der Waals surface area contributed by atoms with Gasteiger partial charge in [-0.25, -0.2) is 0 Å². The zero-order valence-electron chi connectivity index (χ0n) is 11.3. The van der Waals surface area contributed by atoms with Crippen LogP contribution in [0.3, 0.4) is 0 Å². The Morgan fingerprint density at radius 3 is 2.67 bits per heavy atom. The highest BCUT2D eigenvalue weighted by Crippen LogP contribution is 2.31. The zero-order chi connectivity index (χ0) is 13.2. The van der Waals surface area contributed by atoms with E-state index in [1.807, 2.05) is 0 Å². The van der Waals surface area contributed by atoms with Crippen molar-refractivity contribution in [3.63, 3.8) is 0 Å². The number of hydrogen-bond acceptors (Lipinski definition) is 4. The van der Waals surface area contributed by atoms with E-state index in [9.17, 15) is 0 Å². The molecule has 98 valence electrons. The standard InChI is InChI=1S/C14H21N3O/c1-11-4-6-12(7-5-11)17-13(15)16-10-14(17,2)8-9-18-3/h4-7H,8-10H2,1-3H3,(H2,15,16). The lowest BCUT2D eigenvalue weighted by molar-refractivity contribution is 0.175. The fraction of sp³-hybridized carbons (Fsp3) is 0.500. The molecule has 0 fully saturated rings. The Morgan fingerprint density at radius 2 is 2.06 bits per heavy atom. The van der Waals surface area contributed by atoms with Crippen LogP contribution in [0.4, 0.5) is 5.69 Å². The lowest BCUT2D eigenvalue weighted by Crippen LogP contribution is -2.50. The Bertz CT molecular complexity index is 441. The van der Waals surface area contributed by atoms with Gasteiger partial charge in [0.1, 0.15) is 0 Å². The van der Waals surface area contributed by atoms with E-state index in [2.05, 4.69) is 48.0 Å². The molecule has 1 aliphatic rings. The molecule has 1 heterocycles. The summed E-state index contributed by atoms with van der Waals surface area (Å²) < 4.78 is 5.19. The van der Waals surface area contributed by atoms with Gasteiger partial charge in [0.25, 0.3) is 0 Å². The first-order valence-corrected chi connectivity index (χ1v) is 6.22. The third-order valence-corrected chi connectivity index (χ3v) is 3.49. The van der Waals surface area contributed by atoms with Gasteiger partial charge in [0, 0.05) is 19.4 Å². The first-order chi connectivity index (χ1) is 8.57. The van der Waals surface area contributed by atoms with Crippen LogP contribution in [0.2, 0.25) is 0 Å². The van der Waals surface area contributed by atoms with Crippen LogP contribution in [0.1, 0.15) is 18.9 Å². The van der Waals surface area contributed by atoms with Crippen LogP contribution < -0.4 is 10.6 Å². The van der Waals surface area contributed by atoms with Gasteiger partial charge in [-0.3, -0.25) is 4.99 Å². The maximum absolute atomic E-state index is 6.03. The van der Waals surface area contributed by atoms with Gasteiger partial charge < -0.3 is 15.4 Å². The summed E-state index contributed by atoms with van der Waals surface area (Å²) in [6, 6.07) is 8.37. The van der Waals surface area contributed by atoms with Crippen LogP contribution in [0.25, 0.3) is 0 Å². The van der Waals surface area contributed by atoms with Crippen molar-refractivity contribution in [2.75, 3.05) is 25.2 Å². The van der Waals surface area contributed by atoms with Gasteiger partial charge in [0.05, 0.1) is 12.1 Å². The largest absolute Gasteiger partial charge is 0.385 e. The molecule has 0 saturated carbocycles. The number of ether oxygens (including phenoxy) is 1. The summed E-state index contributed by atoms with van der Waals surface area (Å²) in [4.78, 5) is 6.50. The van der Waals surface area contributed by atoms with Crippen molar-refractivity contribution in [1.82, 2.24) is 0 Å². The average Bonchev–Trinajstić information content (AvgIpc) is 2.65. The van der Waals surface area contributed by atoms with Gasteiger partial charge in [-0.2, -0.15) is 0 Å². The van der Waals surface area contributed by atoms with Crippen molar-refractivity contribution >= 4 is 11.6 Å². The SMILES string of the molecule is COCCC1(C)CN=C(N)N1c1ccc(C)cc1. The molecule has 1 atom stereocenters. The molecule has 4 nitrogen and oxygen atoms in total. The Hall–Kier alpha value is -1.55. The van der Waals surface area contributed by atoms with Gasteiger partial charge in [-0.05, 0) is 32.4 Å². The molecule has 1 aromatic rings. The molecule has 1 aromatic carbocycles. The summed E-state index contributed by atoms with van der Waals surface area (Å²) in [5.41, 5.74) is 8.28. The number of benzene rings is 1. The quantitative estimate of drug-likeness (QED) is 0.884. The van der Waals surface area contributed by atoms with Crippen molar-refractivity contribution in [2.24, 2.45) is 10.7 Å². The normalized spacial score (nSPS) is 23.3. The molecule has 0 aromatic heterocycles. The zero-order valence-corrected chi connectivity index (χ0v) is 11.3. The van der Waals surface area contributed by atoms with E-state index in [1.165, 1.54) is 5.56 Å². The second kappa shape index (κ2) is 4.98. The molecule has 1 aliphatic heterocycles. The number of anilines is 1. The molecule has 2 rings (SSSR count). The summed E-state index contributed by atoms with van der Waals surface area (Å²) in [6.07, 6.45) is 0.904. The molecule has 1 unspecified atom stereocenters. The van der Waals surface area contributed by atoms with Crippen molar-refractivity contribution in [3.8, 4) is 0 Å². The molecule has 2 N–H and O–H groups in total. The molecule has 0 bridgehead atoms. The highest BCUT2D eigenvalue weighted by atomic mass is 16.5. The van der Waals surface area contributed by atoms with Gasteiger partial charge in [0.15, 0.2) is 5.96 Å². The van der Waals surface area contributed by atoms with E-state index >= 15 is 0 Å². The van der Waals surface area contributed by atoms with E-state index in [1.54, 1.807) is 7.11 Å². The number of methoxy groups -OCH3 is 1. The maximum Gasteiger partial charge on any atom is 0.196 e. The molecule has 0 aliphatic carbocycles. The molecule has 4 heteroatoms. The molecule has 0 amide bonds. The number of nitrogens with two attached hydrogens (primary N) is 1. The molecular formula is C14H21N3O. The summed E-state index contributed by atoms with van der Waals surface area (Å²) in [5.74, 6) is 0.595. The Morgan fingerprint density at radius 1 is 1.39 bits per heavy atom. The highest BCUT2D eigenvalue weighted by Gasteiger charge is 2.38. The Kier molecular flexibility index (Phi) is 3.57. The third kappa shape index (κ3) is 2.34. The summed E-state index contributed by atoms with van der Waals surface area (Å²) in [7, 11) is 1.72. The molecular weight excluding hydrogens is 226 g/mol. The monoisotopic (exact) mass is 247 g/mol. The lowest BCUT2D eigenvalue weighted by Gasteiger charge is -2.36. The van der Waals surface area contributed by atoms with Crippen LogP contribution in [-0.2, 0) is 4.74 Å². The minimum atomic E-state index is -0.0879. The van der Waals surface area contributed by atoms with Crippen LogP contribution in [0.5, 0.6) is 0 Å². The first-order valence-electron chi connectivity index (χ1n) is 6.22. The van der Waals surface area contributed by atoms with Crippen LogP contribution in [0.15, 0.2) is 29.3 Å². The number of rotatable bonds is 4. The summed E-state index contributed by atoms with van der Waals surface area (Å²) >= 11 is 0. The van der Waals surface area contributed by atoms with Crippen LogP contribution >= 0.6 is 0 Å². The summed E-state index contributed by atoms with van der Waals surface area (Å²) in [6.45, 7) is 5.68. The highest BCUT2D eigenvalue weighted by molar-refractivity contribution is 5.98. The fourth-order valence-electron chi connectivity index (χ4n) is 2.32. The smallest absolute Gasteiger partial charge is 0.196 e. The minimum absolute atomic E-state index is 0.0879. The van der Waals surface area contributed by atoms with Crippen molar-refractivity contribution in [2.45, 2.75) is 25.8 Å². The van der Waals surface area contributed by atoms with E-state index in [-0.39, 0.29) is 5.54 Å². The second-order valence-corrected chi connectivity index (χ2v) is 5.09. The van der Waals surface area contributed by atoms with Crippen LogP contribution in [-0.4, -0.2) is 31.8 Å². The Balaban J connectivity index is 2.27. The molecule has 0 spiro atoms. The number of aliphatic imine (C=N–C) groups is 1. The second-order valence-electron chi connectivity index (χ2n) is 5.09. The van der Waals surface area contributed by atoms with E-state index < -0.39 is 0 Å². The Labute approximate surface area is 108 Å². The van der Waals surface area contributed by atoms with E-state index in [0.717, 1.165) is 18.7 Å². The topological polar surface area (TPSA) is 50.9 Å². The van der Waals surface area contributed by atoms with Gasteiger partial charge in [0.2, 0.25) is 0 Å². The molecule has 18 heavy (non-hydrogen) atoms. The number of guanidine groups is 1. The molecule has 0 radical (unpaired) electrons. The van der Waals surface area contributed by atoms with E-state index in [0.29, 0.717) is 12.6 Å². The number of hydrogen-bond donors (Lipinski definition) is 1. The number of nitrogens with zero attached hydrogens (tertiary/aromatic N) is 2. The fourth-order valence-corrected chi connectivity index (χ4v) is 2.32. The maximum atomic E-state index is 6.03. The van der Waals surface area contributed by atoms with Crippen molar-refractivity contribution < 1.29 is 4.74 Å². The van der Waals surface area contributed by atoms with Gasteiger partial charge >= 0.3 is 0 Å². The minimum Gasteiger partial charge on any atom is -0.385 e. The van der Waals surface area contributed by atoms with Crippen molar-refractivity contribution in [1.29, 1.82) is 0 Å². The predicted octanol–water partition coefficient (Wildman–Crippen LogP) is 1.92. The van der Waals surface area contributed by atoms with Crippen LogP contribution in [0, 0.1) is 6.92 Å². The number of aryl methyl sites for hydroxylation is 1. The summed E-state index contributed by atoms with van der Waals surface area (Å²) in [5, 5.41) is 0. The van der Waals surface area contributed by atoms with Gasteiger partial charge in [-0.15, -0.1) is 0 Å². The average molecular weight is 247 g/mol. The first kappa shape index (κ1) is 12.9. The van der Waals surface area contributed by atoms with Crippen molar-refractivity contribution in [3.05, 3.63) is 29.8 Å². The third-order valence-electron chi connectivity index (χ3n) is 3.49. The lowest BCUT2D eigenvalue weighted by atomic mass is 9.96. The predicted molar refractivity (Wildman–Crippen MR) is 75.0 cm³/mol. The van der Waals surface area contributed by atoms with E-state index in [4.69, 9.17) is 10.5 Å². The molecule has 0 saturated heterocycles. The van der Waals surface area contributed by atoms with Gasteiger partial charge in [-0.1, -0.05) is 17.7 Å².